The third-order valence-corrected chi connectivity index (χ3v) is 13.3. The van der Waals surface area contributed by atoms with E-state index in [0.29, 0.717) is 5.71 Å². The van der Waals surface area contributed by atoms with Crippen molar-refractivity contribution in [1.29, 1.82) is 0 Å². The van der Waals surface area contributed by atoms with E-state index in [-0.39, 0.29) is 25.7 Å². The third-order valence-electron chi connectivity index (χ3n) is 10.2. The standard InChI is InChI=1S/C31H18N3OS.C18H24NSi.Ir/c1-18-13-15-22-21-8-6-9-23(29(21)35-31(22)32-18)30-33-25-10-3-4-11-26(25)34(30)19-14-16-28-24(17-19)20-7-2-5-12-27(20)36-28;1-13(2)16-11-17(15-9-7-14(3)8-10-15)19-12-18(16)20(4,5)6;/h2-8,10-17H,1H3;7-9,11-13H,1-6H3;/q2*-1;/i;3D3,13D;. The number of pyridine rings is 2. The van der Waals surface area contributed by atoms with Crippen molar-refractivity contribution in [1.82, 2.24) is 19.5 Å². The van der Waals surface area contributed by atoms with Crippen molar-refractivity contribution >= 4 is 77.9 Å². The number of benzene rings is 5. The molecular weight excluding hydrogens is 913 g/mol. The van der Waals surface area contributed by atoms with E-state index in [4.69, 9.17) is 14.9 Å². The molecule has 0 amide bonds. The largest absolute Gasteiger partial charge is 0.486 e. The van der Waals surface area contributed by atoms with E-state index in [1.807, 2.05) is 68.6 Å². The van der Waals surface area contributed by atoms with E-state index in [2.05, 4.69) is 113 Å². The fourth-order valence-electron chi connectivity index (χ4n) is 7.39. The summed E-state index contributed by atoms with van der Waals surface area (Å²) in [7, 11) is -1.61. The molecule has 0 atom stereocenters. The number of aryl methyl sites for hydroxylation is 2. The van der Waals surface area contributed by atoms with Gasteiger partial charge in [0.1, 0.15) is 0 Å². The van der Waals surface area contributed by atoms with Gasteiger partial charge in [0.15, 0.2) is 0 Å². The van der Waals surface area contributed by atoms with Gasteiger partial charge in [-0.25, -0.2) is 4.98 Å². The Balaban J connectivity index is 0.000000181. The van der Waals surface area contributed by atoms with Crippen molar-refractivity contribution in [2.24, 2.45) is 0 Å². The molecule has 1 radical (unpaired) electrons. The van der Waals surface area contributed by atoms with Crippen molar-refractivity contribution in [2.45, 2.75) is 53.2 Å². The number of furan rings is 1. The summed E-state index contributed by atoms with van der Waals surface area (Å²) in [6.45, 7) is 10.4. The maximum Gasteiger partial charge on any atom is 0.216 e. The zero-order chi connectivity index (χ0) is 42.1. The van der Waals surface area contributed by atoms with Gasteiger partial charge in [-0.15, -0.1) is 64.9 Å². The number of nitrogens with zero attached hydrogens (tertiary/aromatic N) is 4. The molecule has 0 saturated carbocycles. The molecule has 57 heavy (non-hydrogen) atoms. The second-order valence-corrected chi connectivity index (χ2v) is 21.5. The summed E-state index contributed by atoms with van der Waals surface area (Å²) in [5.41, 5.74) is 8.91. The molecule has 0 N–H and O–H groups in total. The maximum absolute atomic E-state index is 8.48. The van der Waals surface area contributed by atoms with Crippen LogP contribution in [0.4, 0.5) is 0 Å². The van der Waals surface area contributed by atoms with Crippen LogP contribution in [0.2, 0.25) is 19.6 Å². The Kier molecular flexibility index (Phi) is 9.06. The number of fused-ring (bicyclic) bond motifs is 7. The zero-order valence-electron chi connectivity index (χ0n) is 36.5. The van der Waals surface area contributed by atoms with Gasteiger partial charge in [0, 0.05) is 68.7 Å². The molecule has 8 heteroatoms. The zero-order valence-corrected chi connectivity index (χ0v) is 36.7. The molecular formula is C49H42IrN4OSSi-2. The van der Waals surface area contributed by atoms with Crippen molar-refractivity contribution in [3.05, 3.63) is 150 Å². The maximum atomic E-state index is 8.48. The molecule has 0 bridgehead atoms. The number of aromatic nitrogens is 4. The number of thiophene rings is 1. The Hall–Kier alpha value is -5.24. The molecule has 5 aromatic carbocycles. The summed E-state index contributed by atoms with van der Waals surface area (Å²) in [5, 5.41) is 5.73. The quantitative estimate of drug-likeness (QED) is 0.127. The monoisotopic (exact) mass is 959 g/mol. The van der Waals surface area contributed by atoms with E-state index in [0.717, 1.165) is 67.0 Å². The number of imidazole rings is 1. The topological polar surface area (TPSA) is 56.7 Å². The summed E-state index contributed by atoms with van der Waals surface area (Å²) in [6, 6.07) is 44.8. The number of rotatable bonds is 5. The van der Waals surface area contributed by atoms with Crippen LogP contribution in [0.5, 0.6) is 0 Å². The smallest absolute Gasteiger partial charge is 0.216 e. The van der Waals surface area contributed by atoms with Crippen LogP contribution in [0.15, 0.2) is 126 Å². The fraction of sp³-hybridized carbons (Fsp3) is 0.163. The van der Waals surface area contributed by atoms with E-state index in [1.165, 1.54) is 31.4 Å². The van der Waals surface area contributed by atoms with Crippen LogP contribution in [-0.4, -0.2) is 27.6 Å². The first-order valence-corrected chi connectivity index (χ1v) is 23.0. The van der Waals surface area contributed by atoms with E-state index < -0.39 is 20.8 Å². The molecule has 285 valence electrons. The second kappa shape index (κ2) is 15.3. The van der Waals surface area contributed by atoms with Gasteiger partial charge in [0.2, 0.25) is 5.71 Å². The molecule has 10 aromatic rings. The molecule has 5 heterocycles. The summed E-state index contributed by atoms with van der Waals surface area (Å²) in [4.78, 5) is 14.3. The Labute approximate surface area is 357 Å². The van der Waals surface area contributed by atoms with Gasteiger partial charge in [-0.3, -0.25) is 4.98 Å². The Morgan fingerprint density at radius 2 is 1.63 bits per heavy atom. The Bertz CT molecular complexity index is 3250. The van der Waals surface area contributed by atoms with Gasteiger partial charge < -0.3 is 14.0 Å². The molecule has 0 fully saturated rings. The minimum atomic E-state index is -2.13. The van der Waals surface area contributed by atoms with E-state index >= 15 is 0 Å². The molecule has 0 aliphatic rings. The molecule has 0 unspecified atom stereocenters. The Morgan fingerprint density at radius 1 is 0.825 bits per heavy atom. The predicted molar refractivity (Wildman–Crippen MR) is 238 cm³/mol. The molecule has 0 saturated heterocycles. The number of hydrogen-bond donors (Lipinski definition) is 0. The average Bonchev–Trinajstić information content (AvgIpc) is 3.90. The molecule has 0 aliphatic carbocycles. The minimum absolute atomic E-state index is 0. The van der Waals surface area contributed by atoms with E-state index in [1.54, 1.807) is 12.1 Å². The van der Waals surface area contributed by atoms with Gasteiger partial charge in [-0.1, -0.05) is 93.3 Å². The SMILES string of the molecule is Cc1ccc2c(n1)oc1c(-c3nc4ccccc4n3-c3ccc4sc5ccccc5c4c3)[c-]ccc12.[2H]C([2H])([2H])c1c[c-]c(-c2cc(C([2H])(C)C)c([Si](C)(C)C)cn2)cc1.[Ir]. The van der Waals surface area contributed by atoms with Crippen molar-refractivity contribution in [3.63, 3.8) is 0 Å². The van der Waals surface area contributed by atoms with Crippen LogP contribution in [0, 0.1) is 25.9 Å². The normalized spacial score (nSPS) is 13.2. The van der Waals surface area contributed by atoms with Gasteiger partial charge in [0.25, 0.3) is 0 Å². The van der Waals surface area contributed by atoms with Gasteiger partial charge >= 0.3 is 0 Å². The van der Waals surface area contributed by atoms with E-state index in [9.17, 15) is 0 Å². The third kappa shape index (κ3) is 7.17. The molecule has 0 spiro atoms. The van der Waals surface area contributed by atoms with Crippen LogP contribution in [0.3, 0.4) is 0 Å². The first-order chi connectivity index (χ1) is 28.5. The second-order valence-electron chi connectivity index (χ2n) is 15.4. The van der Waals surface area contributed by atoms with Crippen LogP contribution in [0.1, 0.15) is 42.0 Å². The predicted octanol–water partition coefficient (Wildman–Crippen LogP) is 13.0. The fourth-order valence-corrected chi connectivity index (χ4v) is 10.1. The Morgan fingerprint density at radius 3 is 2.42 bits per heavy atom. The van der Waals surface area contributed by atoms with Crippen molar-refractivity contribution in [3.8, 4) is 28.3 Å². The molecule has 10 rings (SSSR count). The minimum Gasteiger partial charge on any atom is -0.486 e. The van der Waals surface area contributed by atoms with Gasteiger partial charge in [0.05, 0.1) is 30.5 Å². The molecule has 5 aromatic heterocycles. The van der Waals surface area contributed by atoms with Crippen LogP contribution < -0.4 is 5.19 Å². The number of para-hydroxylation sites is 2. The van der Waals surface area contributed by atoms with Gasteiger partial charge in [-0.05, 0) is 72.2 Å². The van der Waals surface area contributed by atoms with Crippen LogP contribution in [0.25, 0.3) is 81.6 Å². The molecule has 5 nitrogen and oxygen atoms in total. The van der Waals surface area contributed by atoms with Crippen molar-refractivity contribution < 1.29 is 30.0 Å². The van der Waals surface area contributed by atoms with Crippen LogP contribution >= 0.6 is 11.3 Å². The van der Waals surface area contributed by atoms with Crippen molar-refractivity contribution in [2.75, 3.05) is 0 Å². The van der Waals surface area contributed by atoms with Gasteiger partial charge in [-0.2, -0.15) is 0 Å². The summed E-state index contributed by atoms with van der Waals surface area (Å²) in [5.74, 6) is 0.0859. The van der Waals surface area contributed by atoms with Crippen LogP contribution in [-0.2, 0) is 20.1 Å². The first kappa shape index (κ1) is 33.9. The number of hydrogen-bond acceptors (Lipinski definition) is 5. The first-order valence-electron chi connectivity index (χ1n) is 20.7. The summed E-state index contributed by atoms with van der Waals surface area (Å²) in [6.07, 6.45) is 1.89. The average molecular weight is 959 g/mol. The summed E-state index contributed by atoms with van der Waals surface area (Å²) < 4.78 is 41.9. The molecule has 0 aliphatic heterocycles. The summed E-state index contributed by atoms with van der Waals surface area (Å²) >= 11 is 1.82.